The number of ether oxygens (including phenoxy) is 1. The van der Waals surface area contributed by atoms with E-state index in [0.717, 1.165) is 24.8 Å². The molecule has 6 heteroatoms. The Balaban J connectivity index is 2.10. The predicted octanol–water partition coefficient (Wildman–Crippen LogP) is 3.69. The minimum absolute atomic E-state index is 0.105. The van der Waals surface area contributed by atoms with Gasteiger partial charge in [-0.05, 0) is 39.2 Å². The van der Waals surface area contributed by atoms with Crippen LogP contribution in [0.3, 0.4) is 0 Å². The van der Waals surface area contributed by atoms with E-state index in [4.69, 9.17) is 4.74 Å². The second-order valence-electron chi connectivity index (χ2n) is 6.92. The molecule has 0 saturated heterocycles. The summed E-state index contributed by atoms with van der Waals surface area (Å²) < 4.78 is 29.2. The van der Waals surface area contributed by atoms with Crippen molar-refractivity contribution in [2.75, 3.05) is 12.3 Å². The van der Waals surface area contributed by atoms with Gasteiger partial charge in [-0.1, -0.05) is 43.2 Å². The van der Waals surface area contributed by atoms with Crippen molar-refractivity contribution in [3.05, 3.63) is 35.9 Å². The van der Waals surface area contributed by atoms with Gasteiger partial charge in [0.2, 0.25) is 0 Å². The molecular weight excluding hydrogens is 326 g/mol. The first kappa shape index (κ1) is 20.5. The minimum atomic E-state index is -3.05. The number of hydrogen-bond acceptors (Lipinski definition) is 4. The second-order valence-corrected chi connectivity index (χ2v) is 9.10. The maximum Gasteiger partial charge on any atom is 0.407 e. The van der Waals surface area contributed by atoms with Gasteiger partial charge in [-0.3, -0.25) is 0 Å². The molecule has 0 unspecified atom stereocenters. The number of sulfone groups is 1. The van der Waals surface area contributed by atoms with Crippen molar-refractivity contribution in [1.82, 2.24) is 5.32 Å². The van der Waals surface area contributed by atoms with Crippen LogP contribution in [0.4, 0.5) is 4.79 Å². The van der Waals surface area contributed by atoms with Crippen LogP contribution in [0, 0.1) is 0 Å². The maximum absolute atomic E-state index is 12.0. The van der Waals surface area contributed by atoms with Crippen LogP contribution in [-0.2, 0) is 20.3 Å². The van der Waals surface area contributed by atoms with Gasteiger partial charge >= 0.3 is 6.09 Å². The van der Waals surface area contributed by atoms with E-state index in [-0.39, 0.29) is 11.5 Å². The Morgan fingerprint density at radius 1 is 1.04 bits per heavy atom. The summed E-state index contributed by atoms with van der Waals surface area (Å²) in [5.41, 5.74) is 0.344. The third-order valence-corrected chi connectivity index (χ3v) is 4.96. The molecule has 0 bridgehead atoms. The zero-order valence-electron chi connectivity index (χ0n) is 14.9. The van der Waals surface area contributed by atoms with Crippen LogP contribution < -0.4 is 5.32 Å². The second kappa shape index (κ2) is 9.67. The lowest BCUT2D eigenvalue weighted by Gasteiger charge is -2.19. The standard InChI is InChI=1S/C18H29NO4S/c1-18(2,3)23-17(20)19-13-9-4-5-10-14-24(21,22)15-16-11-7-6-8-12-16/h6-8,11-12H,4-5,9-10,13-15H2,1-3H3,(H,19,20). The third-order valence-electron chi connectivity index (χ3n) is 3.28. The van der Waals surface area contributed by atoms with Gasteiger partial charge in [-0.2, -0.15) is 0 Å². The van der Waals surface area contributed by atoms with Crippen LogP contribution in [0.1, 0.15) is 52.0 Å². The van der Waals surface area contributed by atoms with E-state index in [2.05, 4.69) is 5.32 Å². The van der Waals surface area contributed by atoms with Crippen LogP contribution in [0.15, 0.2) is 30.3 Å². The fourth-order valence-electron chi connectivity index (χ4n) is 2.21. The van der Waals surface area contributed by atoms with Crippen LogP contribution >= 0.6 is 0 Å². The highest BCUT2D eigenvalue weighted by molar-refractivity contribution is 7.90. The summed E-state index contributed by atoms with van der Waals surface area (Å²) in [5.74, 6) is 0.315. The minimum Gasteiger partial charge on any atom is -0.444 e. The Morgan fingerprint density at radius 3 is 2.29 bits per heavy atom. The number of rotatable bonds is 9. The quantitative estimate of drug-likeness (QED) is 0.686. The molecular formula is C18H29NO4S. The molecule has 5 nitrogen and oxygen atoms in total. The van der Waals surface area contributed by atoms with Crippen molar-refractivity contribution in [2.24, 2.45) is 0 Å². The van der Waals surface area contributed by atoms with Crippen molar-refractivity contribution in [2.45, 2.75) is 57.8 Å². The zero-order chi connectivity index (χ0) is 18.1. The van der Waals surface area contributed by atoms with E-state index < -0.39 is 21.5 Å². The van der Waals surface area contributed by atoms with E-state index in [9.17, 15) is 13.2 Å². The molecule has 0 aliphatic carbocycles. The van der Waals surface area contributed by atoms with Crippen LogP contribution in [0.5, 0.6) is 0 Å². The summed E-state index contributed by atoms with van der Waals surface area (Å²) in [7, 11) is -3.05. The number of nitrogens with one attached hydrogen (secondary N) is 1. The summed E-state index contributed by atoms with van der Waals surface area (Å²) >= 11 is 0. The average Bonchev–Trinajstić information content (AvgIpc) is 2.45. The van der Waals surface area contributed by atoms with Crippen LogP contribution in [0.25, 0.3) is 0 Å². The Bertz CT molecular complexity index is 591. The molecule has 0 saturated carbocycles. The van der Waals surface area contributed by atoms with E-state index in [1.807, 2.05) is 51.1 Å². The van der Waals surface area contributed by atoms with Gasteiger partial charge in [0.25, 0.3) is 0 Å². The van der Waals surface area contributed by atoms with Crippen LogP contribution in [-0.4, -0.2) is 32.4 Å². The average molecular weight is 356 g/mol. The number of hydrogen-bond donors (Lipinski definition) is 1. The van der Waals surface area contributed by atoms with Crippen molar-refractivity contribution in [3.8, 4) is 0 Å². The molecule has 0 spiro atoms. The first-order valence-corrected chi connectivity index (χ1v) is 10.2. The lowest BCUT2D eigenvalue weighted by Crippen LogP contribution is -2.32. The summed E-state index contributed by atoms with van der Waals surface area (Å²) in [6.07, 6.45) is 2.79. The van der Waals surface area contributed by atoms with E-state index >= 15 is 0 Å². The number of benzene rings is 1. The molecule has 1 aromatic carbocycles. The summed E-state index contributed by atoms with van der Waals surface area (Å²) in [6, 6.07) is 9.24. The highest BCUT2D eigenvalue weighted by Crippen LogP contribution is 2.10. The number of alkyl carbamates (subject to hydrolysis) is 1. The smallest absolute Gasteiger partial charge is 0.407 e. The van der Waals surface area contributed by atoms with E-state index in [1.54, 1.807) is 0 Å². The predicted molar refractivity (Wildman–Crippen MR) is 96.6 cm³/mol. The first-order chi connectivity index (χ1) is 11.2. The van der Waals surface area contributed by atoms with Gasteiger partial charge in [-0.25, -0.2) is 13.2 Å². The van der Waals surface area contributed by atoms with Gasteiger partial charge in [0.05, 0.1) is 11.5 Å². The Morgan fingerprint density at radius 2 is 1.67 bits per heavy atom. The van der Waals surface area contributed by atoms with Gasteiger partial charge in [0.15, 0.2) is 9.84 Å². The van der Waals surface area contributed by atoms with Crippen LogP contribution in [0.2, 0.25) is 0 Å². The van der Waals surface area contributed by atoms with Gasteiger partial charge in [-0.15, -0.1) is 0 Å². The van der Waals surface area contributed by atoms with Crippen molar-refractivity contribution in [1.29, 1.82) is 0 Å². The Kier molecular flexibility index (Phi) is 8.25. The van der Waals surface area contributed by atoms with Crippen molar-refractivity contribution < 1.29 is 17.9 Å². The molecule has 1 rings (SSSR count). The fourth-order valence-corrected chi connectivity index (χ4v) is 3.69. The molecule has 1 aromatic rings. The highest BCUT2D eigenvalue weighted by Gasteiger charge is 2.15. The van der Waals surface area contributed by atoms with Crippen molar-refractivity contribution >= 4 is 15.9 Å². The number of carbonyl (C=O) groups excluding carboxylic acids is 1. The van der Waals surface area contributed by atoms with Gasteiger partial charge in [0.1, 0.15) is 5.60 Å². The lowest BCUT2D eigenvalue weighted by molar-refractivity contribution is 0.0527. The lowest BCUT2D eigenvalue weighted by atomic mass is 10.2. The molecule has 0 atom stereocenters. The fraction of sp³-hybridized carbons (Fsp3) is 0.611. The molecule has 0 aromatic heterocycles. The maximum atomic E-state index is 12.0. The Hall–Kier alpha value is -1.56. The molecule has 0 radical (unpaired) electrons. The van der Waals surface area contributed by atoms with Crippen molar-refractivity contribution in [3.63, 3.8) is 0 Å². The van der Waals surface area contributed by atoms with Gasteiger partial charge < -0.3 is 10.1 Å². The van der Waals surface area contributed by atoms with E-state index in [0.29, 0.717) is 13.0 Å². The summed E-state index contributed by atoms with van der Waals surface area (Å²) in [4.78, 5) is 11.4. The molecule has 136 valence electrons. The summed E-state index contributed by atoms with van der Waals surface area (Å²) in [6.45, 7) is 6.01. The van der Waals surface area contributed by atoms with E-state index in [1.165, 1.54) is 0 Å². The molecule has 0 fully saturated rings. The first-order valence-electron chi connectivity index (χ1n) is 8.39. The molecule has 1 amide bonds. The summed E-state index contributed by atoms with van der Waals surface area (Å²) in [5, 5.41) is 2.70. The molecule has 0 aliphatic rings. The largest absolute Gasteiger partial charge is 0.444 e. The zero-order valence-corrected chi connectivity index (χ0v) is 15.7. The Labute approximate surface area is 145 Å². The molecule has 24 heavy (non-hydrogen) atoms. The number of amides is 1. The monoisotopic (exact) mass is 355 g/mol. The topological polar surface area (TPSA) is 72.5 Å². The molecule has 0 aliphatic heterocycles. The normalized spacial score (nSPS) is 12.0. The third kappa shape index (κ3) is 10.3. The number of carbonyl (C=O) groups is 1. The SMILES string of the molecule is CC(C)(C)OC(=O)NCCCCCCS(=O)(=O)Cc1ccccc1. The number of unbranched alkanes of at least 4 members (excludes halogenated alkanes) is 3. The molecule has 0 heterocycles. The molecule has 1 N–H and O–H groups in total. The van der Waals surface area contributed by atoms with Gasteiger partial charge in [0, 0.05) is 6.54 Å². The highest BCUT2D eigenvalue weighted by atomic mass is 32.2.